The van der Waals surface area contributed by atoms with Crippen LogP contribution in [0.25, 0.3) is 11.0 Å². The third-order valence-electron chi connectivity index (χ3n) is 4.42. The smallest absolute Gasteiger partial charge is 0.274 e. The number of piperidine rings is 1. The minimum Gasteiger partial charge on any atom is -0.343 e. The molecule has 0 radical (unpaired) electrons. The van der Waals surface area contributed by atoms with Gasteiger partial charge in [0.15, 0.2) is 0 Å². The van der Waals surface area contributed by atoms with E-state index in [2.05, 4.69) is 32.1 Å². The number of rotatable bonds is 2. The van der Waals surface area contributed by atoms with Crippen LogP contribution >= 0.6 is 0 Å². The molecule has 1 saturated heterocycles. The average molecular weight is 307 g/mol. The van der Waals surface area contributed by atoms with Crippen molar-refractivity contribution in [2.24, 2.45) is 0 Å². The second-order valence-corrected chi connectivity index (χ2v) is 5.82. The molecule has 6 nitrogen and oxygen atoms in total. The number of carbonyl (C=O) groups is 1. The zero-order chi connectivity index (χ0) is 15.6. The van der Waals surface area contributed by atoms with E-state index in [0.29, 0.717) is 11.6 Å². The van der Waals surface area contributed by atoms with Crippen LogP contribution < -0.4 is 0 Å². The van der Waals surface area contributed by atoms with E-state index < -0.39 is 0 Å². The molecule has 0 aliphatic carbocycles. The molecule has 1 fully saturated rings. The zero-order valence-corrected chi connectivity index (χ0v) is 12.6. The minimum atomic E-state index is -0.0325. The van der Waals surface area contributed by atoms with Crippen LogP contribution in [0.5, 0.6) is 0 Å². The number of hydrogen-bond donors (Lipinski definition) is 1. The Morgan fingerprint density at radius 3 is 2.78 bits per heavy atom. The number of aromatic amines is 1. The normalized spacial score (nSPS) is 15.9. The molecule has 3 aromatic heterocycles. The average Bonchev–Trinajstić information content (AvgIpc) is 3.06. The lowest BCUT2D eigenvalue weighted by atomic mass is 9.93. The number of hydrogen-bond acceptors (Lipinski definition) is 4. The highest BCUT2D eigenvalue weighted by Gasteiger charge is 2.26. The van der Waals surface area contributed by atoms with Crippen LogP contribution in [0.3, 0.4) is 0 Å². The van der Waals surface area contributed by atoms with Gasteiger partial charge in [0, 0.05) is 48.7 Å². The Bertz CT molecular complexity index is 788. The van der Waals surface area contributed by atoms with Crippen molar-refractivity contribution in [3.63, 3.8) is 0 Å². The summed E-state index contributed by atoms with van der Waals surface area (Å²) in [5, 5.41) is 1.14. The minimum absolute atomic E-state index is 0.0325. The van der Waals surface area contributed by atoms with Crippen LogP contribution in [-0.2, 0) is 0 Å². The van der Waals surface area contributed by atoms with Gasteiger partial charge in [-0.05, 0) is 31.0 Å². The van der Waals surface area contributed by atoms with Gasteiger partial charge >= 0.3 is 0 Å². The van der Waals surface area contributed by atoms with Crippen molar-refractivity contribution < 1.29 is 4.79 Å². The molecule has 0 saturated carbocycles. The lowest BCUT2D eigenvalue weighted by molar-refractivity contribution is 0.0705. The summed E-state index contributed by atoms with van der Waals surface area (Å²) in [6.45, 7) is 1.48. The second-order valence-electron chi connectivity index (χ2n) is 5.82. The van der Waals surface area contributed by atoms with Gasteiger partial charge in [0.05, 0.1) is 6.20 Å². The van der Waals surface area contributed by atoms with E-state index in [1.165, 1.54) is 11.9 Å². The number of amides is 1. The fourth-order valence-corrected chi connectivity index (χ4v) is 3.16. The first-order valence-corrected chi connectivity index (χ1v) is 7.80. The highest BCUT2D eigenvalue weighted by atomic mass is 16.2. The number of nitrogens with one attached hydrogen (secondary N) is 1. The van der Waals surface area contributed by atoms with Crippen LogP contribution in [0.1, 0.15) is 34.9 Å². The van der Waals surface area contributed by atoms with Gasteiger partial charge in [-0.1, -0.05) is 0 Å². The monoisotopic (exact) mass is 307 g/mol. The number of nitrogens with zero attached hydrogens (tertiary/aromatic N) is 4. The van der Waals surface area contributed by atoms with Gasteiger partial charge in [0.2, 0.25) is 0 Å². The summed E-state index contributed by atoms with van der Waals surface area (Å²) >= 11 is 0. The van der Waals surface area contributed by atoms with Crippen molar-refractivity contribution in [2.45, 2.75) is 18.8 Å². The van der Waals surface area contributed by atoms with Crippen molar-refractivity contribution in [1.82, 2.24) is 24.8 Å². The van der Waals surface area contributed by atoms with E-state index >= 15 is 0 Å². The van der Waals surface area contributed by atoms with Crippen LogP contribution in [0.15, 0.2) is 43.0 Å². The molecule has 3 aromatic rings. The van der Waals surface area contributed by atoms with E-state index in [9.17, 15) is 4.79 Å². The summed E-state index contributed by atoms with van der Waals surface area (Å²) in [4.78, 5) is 30.1. The number of H-pyrrole nitrogens is 1. The van der Waals surface area contributed by atoms with E-state index in [0.717, 1.165) is 37.0 Å². The summed E-state index contributed by atoms with van der Waals surface area (Å²) < 4.78 is 0. The Morgan fingerprint density at radius 1 is 1.17 bits per heavy atom. The first kappa shape index (κ1) is 13.9. The van der Waals surface area contributed by atoms with Crippen molar-refractivity contribution >= 4 is 16.9 Å². The molecular weight excluding hydrogens is 290 g/mol. The van der Waals surface area contributed by atoms with E-state index in [-0.39, 0.29) is 5.91 Å². The molecule has 0 bridgehead atoms. The lowest BCUT2D eigenvalue weighted by Crippen LogP contribution is -2.38. The SMILES string of the molecule is O=C(c1cnccn1)N1CCC(c2cc3cccnc3[nH]2)CC1. The van der Waals surface area contributed by atoms with Crippen LogP contribution in [0.2, 0.25) is 0 Å². The summed E-state index contributed by atoms with van der Waals surface area (Å²) in [5.74, 6) is 0.407. The fraction of sp³-hybridized carbons (Fsp3) is 0.294. The Labute approximate surface area is 133 Å². The van der Waals surface area contributed by atoms with Crippen LogP contribution in [0.4, 0.5) is 0 Å². The molecule has 4 heterocycles. The predicted octanol–water partition coefficient (Wildman–Crippen LogP) is 2.37. The largest absolute Gasteiger partial charge is 0.343 e. The standard InChI is InChI=1S/C17H17N5O/c23-17(15-11-18-6-7-19-15)22-8-3-12(4-9-22)14-10-13-2-1-5-20-16(13)21-14/h1-2,5-7,10-12H,3-4,8-9H2,(H,20,21). The zero-order valence-electron chi connectivity index (χ0n) is 12.6. The molecule has 1 aliphatic rings. The number of fused-ring (bicyclic) bond motifs is 1. The van der Waals surface area contributed by atoms with E-state index in [1.54, 1.807) is 18.6 Å². The molecule has 116 valence electrons. The van der Waals surface area contributed by atoms with Gasteiger partial charge in [-0.3, -0.25) is 9.78 Å². The molecule has 0 unspecified atom stereocenters. The van der Waals surface area contributed by atoms with Gasteiger partial charge in [-0.25, -0.2) is 9.97 Å². The van der Waals surface area contributed by atoms with Gasteiger partial charge < -0.3 is 9.88 Å². The first-order valence-electron chi connectivity index (χ1n) is 7.80. The molecule has 0 aromatic carbocycles. The first-order chi connectivity index (χ1) is 11.3. The molecule has 1 aliphatic heterocycles. The topological polar surface area (TPSA) is 74.8 Å². The summed E-state index contributed by atoms with van der Waals surface area (Å²) in [7, 11) is 0. The Kier molecular flexibility index (Phi) is 3.49. The van der Waals surface area contributed by atoms with Crippen molar-refractivity contribution in [1.29, 1.82) is 0 Å². The molecule has 1 N–H and O–H groups in total. The van der Waals surface area contributed by atoms with Crippen LogP contribution in [0, 0.1) is 0 Å². The predicted molar refractivity (Wildman–Crippen MR) is 86.0 cm³/mol. The van der Waals surface area contributed by atoms with Gasteiger partial charge in [-0.15, -0.1) is 0 Å². The summed E-state index contributed by atoms with van der Waals surface area (Å²) in [6, 6.07) is 6.18. The van der Waals surface area contributed by atoms with Gasteiger partial charge in [0.1, 0.15) is 11.3 Å². The van der Waals surface area contributed by atoms with Gasteiger partial charge in [-0.2, -0.15) is 0 Å². The summed E-state index contributed by atoms with van der Waals surface area (Å²) in [5.41, 5.74) is 2.56. The van der Waals surface area contributed by atoms with Gasteiger partial charge in [0.25, 0.3) is 5.91 Å². The van der Waals surface area contributed by atoms with E-state index in [4.69, 9.17) is 0 Å². The highest BCUT2D eigenvalue weighted by molar-refractivity contribution is 5.92. The maximum Gasteiger partial charge on any atom is 0.274 e. The molecule has 0 spiro atoms. The molecule has 0 atom stereocenters. The molecular formula is C17H17N5O. The Balaban J connectivity index is 1.45. The number of carbonyl (C=O) groups excluding carboxylic acids is 1. The van der Waals surface area contributed by atoms with Crippen molar-refractivity contribution in [2.75, 3.05) is 13.1 Å². The molecule has 4 rings (SSSR count). The number of pyridine rings is 1. The number of aromatic nitrogens is 4. The fourth-order valence-electron chi connectivity index (χ4n) is 3.16. The highest BCUT2D eigenvalue weighted by Crippen LogP contribution is 2.29. The quantitative estimate of drug-likeness (QED) is 0.788. The molecule has 6 heteroatoms. The molecule has 1 amide bonds. The second kappa shape index (κ2) is 5.79. The summed E-state index contributed by atoms with van der Waals surface area (Å²) in [6.07, 6.45) is 8.34. The Morgan fingerprint density at radius 2 is 2.04 bits per heavy atom. The van der Waals surface area contributed by atoms with Crippen molar-refractivity contribution in [3.05, 3.63) is 54.4 Å². The lowest BCUT2D eigenvalue weighted by Gasteiger charge is -2.31. The third kappa shape index (κ3) is 2.67. The van der Waals surface area contributed by atoms with Crippen molar-refractivity contribution in [3.8, 4) is 0 Å². The maximum atomic E-state index is 12.4. The maximum absolute atomic E-state index is 12.4. The van der Waals surface area contributed by atoms with Crippen LogP contribution in [-0.4, -0.2) is 43.8 Å². The van der Waals surface area contributed by atoms with E-state index in [1.807, 2.05) is 11.0 Å². The molecule has 23 heavy (non-hydrogen) atoms. The number of likely N-dealkylation sites (tertiary alicyclic amines) is 1. The Hall–Kier alpha value is -2.76. The third-order valence-corrected chi connectivity index (χ3v) is 4.42.